The van der Waals surface area contributed by atoms with Crippen molar-refractivity contribution in [2.75, 3.05) is 5.32 Å². The van der Waals surface area contributed by atoms with Gasteiger partial charge in [-0.3, -0.25) is 4.68 Å². The van der Waals surface area contributed by atoms with Crippen LogP contribution in [0.25, 0.3) is 0 Å². The molecule has 3 nitrogen and oxygen atoms in total. The molecule has 0 radical (unpaired) electrons. The van der Waals surface area contributed by atoms with Crippen molar-refractivity contribution >= 4 is 5.69 Å². The second-order valence-electron chi connectivity index (χ2n) is 3.53. The maximum Gasteiger partial charge on any atom is 0.126 e. The van der Waals surface area contributed by atoms with E-state index in [1.165, 1.54) is 12.1 Å². The van der Waals surface area contributed by atoms with Gasteiger partial charge in [0, 0.05) is 25.9 Å². The summed E-state index contributed by atoms with van der Waals surface area (Å²) in [7, 11) is 1.80. The van der Waals surface area contributed by atoms with E-state index in [1.807, 2.05) is 0 Å². The van der Waals surface area contributed by atoms with E-state index in [1.54, 1.807) is 24.1 Å². The third kappa shape index (κ3) is 2.56. The first-order valence-corrected chi connectivity index (χ1v) is 4.81. The lowest BCUT2D eigenvalue weighted by molar-refractivity contribution is 0.580. The van der Waals surface area contributed by atoms with Gasteiger partial charge in [-0.05, 0) is 17.7 Å². The molecular formula is C11H11F2N3. The van der Waals surface area contributed by atoms with Crippen LogP contribution in [0.4, 0.5) is 14.5 Å². The van der Waals surface area contributed by atoms with E-state index in [2.05, 4.69) is 10.4 Å². The van der Waals surface area contributed by atoms with Crippen LogP contribution in [0.1, 0.15) is 5.56 Å². The van der Waals surface area contributed by atoms with Crippen molar-refractivity contribution in [1.82, 2.24) is 9.78 Å². The zero-order valence-corrected chi connectivity index (χ0v) is 8.74. The van der Waals surface area contributed by atoms with Crippen LogP contribution in [0, 0.1) is 11.6 Å². The van der Waals surface area contributed by atoms with Crippen molar-refractivity contribution in [2.45, 2.75) is 6.54 Å². The van der Waals surface area contributed by atoms with Crippen LogP contribution in [-0.4, -0.2) is 9.78 Å². The van der Waals surface area contributed by atoms with Gasteiger partial charge in [-0.25, -0.2) is 8.78 Å². The molecule has 0 atom stereocenters. The van der Waals surface area contributed by atoms with Crippen molar-refractivity contribution in [2.24, 2.45) is 7.05 Å². The summed E-state index contributed by atoms with van der Waals surface area (Å²) in [5.74, 6) is -1.13. The fraction of sp³-hybridized carbons (Fsp3) is 0.182. The lowest BCUT2D eigenvalue weighted by Gasteiger charge is -2.03. The van der Waals surface area contributed by atoms with Crippen LogP contribution >= 0.6 is 0 Å². The van der Waals surface area contributed by atoms with E-state index in [4.69, 9.17) is 0 Å². The molecule has 0 saturated carbocycles. The van der Waals surface area contributed by atoms with Gasteiger partial charge >= 0.3 is 0 Å². The van der Waals surface area contributed by atoms with E-state index in [0.717, 1.165) is 11.8 Å². The van der Waals surface area contributed by atoms with Gasteiger partial charge in [-0.2, -0.15) is 5.10 Å². The minimum Gasteiger partial charge on any atom is -0.378 e. The normalized spacial score (nSPS) is 10.4. The minimum atomic E-state index is -0.567. The van der Waals surface area contributed by atoms with Crippen LogP contribution < -0.4 is 5.32 Å². The second-order valence-corrected chi connectivity index (χ2v) is 3.53. The molecule has 1 heterocycles. The first-order chi connectivity index (χ1) is 7.63. The molecule has 0 aliphatic carbocycles. The summed E-state index contributed by atoms with van der Waals surface area (Å²) < 4.78 is 27.4. The standard InChI is InChI=1S/C11H11F2N3/c1-16-7-11(6-15-16)14-5-8-2-9(12)4-10(13)3-8/h2-4,6-7,14H,5H2,1H3. The molecule has 5 heteroatoms. The van der Waals surface area contributed by atoms with Gasteiger partial charge in [0.25, 0.3) is 0 Å². The number of halogens is 2. The number of nitrogens with one attached hydrogen (secondary N) is 1. The quantitative estimate of drug-likeness (QED) is 0.865. The Balaban J connectivity index is 2.04. The van der Waals surface area contributed by atoms with E-state index in [9.17, 15) is 8.78 Å². The van der Waals surface area contributed by atoms with E-state index < -0.39 is 11.6 Å². The fourth-order valence-electron chi connectivity index (χ4n) is 1.43. The largest absolute Gasteiger partial charge is 0.378 e. The van der Waals surface area contributed by atoms with Crippen molar-refractivity contribution in [1.29, 1.82) is 0 Å². The van der Waals surface area contributed by atoms with Gasteiger partial charge in [-0.1, -0.05) is 0 Å². The highest BCUT2D eigenvalue weighted by Gasteiger charge is 2.01. The molecule has 0 amide bonds. The SMILES string of the molecule is Cn1cc(NCc2cc(F)cc(F)c2)cn1. The number of rotatable bonds is 3. The molecule has 16 heavy (non-hydrogen) atoms. The summed E-state index contributed by atoms with van der Waals surface area (Å²) in [6.07, 6.45) is 3.44. The highest BCUT2D eigenvalue weighted by molar-refractivity contribution is 5.39. The zero-order chi connectivity index (χ0) is 11.5. The number of aryl methyl sites for hydroxylation is 1. The molecule has 1 N–H and O–H groups in total. The minimum absolute atomic E-state index is 0.361. The van der Waals surface area contributed by atoms with E-state index in [0.29, 0.717) is 12.1 Å². The smallest absolute Gasteiger partial charge is 0.126 e. The lowest BCUT2D eigenvalue weighted by Crippen LogP contribution is -1.99. The molecule has 0 spiro atoms. The molecule has 0 fully saturated rings. The highest BCUT2D eigenvalue weighted by atomic mass is 19.1. The Kier molecular flexibility index (Phi) is 2.85. The predicted molar refractivity (Wildman–Crippen MR) is 56.9 cm³/mol. The van der Waals surface area contributed by atoms with Crippen molar-refractivity contribution in [3.8, 4) is 0 Å². The summed E-state index contributed by atoms with van der Waals surface area (Å²) in [5.41, 5.74) is 1.37. The average molecular weight is 223 g/mol. The number of hydrogen-bond acceptors (Lipinski definition) is 2. The van der Waals surface area contributed by atoms with Crippen molar-refractivity contribution in [3.05, 3.63) is 47.8 Å². The first kappa shape index (κ1) is 10.6. The Hall–Kier alpha value is -1.91. The summed E-state index contributed by atoms with van der Waals surface area (Å²) in [5, 5.41) is 6.99. The molecule has 0 saturated heterocycles. The Morgan fingerprint density at radius 1 is 1.25 bits per heavy atom. The van der Waals surface area contributed by atoms with Crippen LogP contribution in [0.5, 0.6) is 0 Å². The number of hydrogen-bond donors (Lipinski definition) is 1. The molecule has 84 valence electrons. The Morgan fingerprint density at radius 2 is 1.94 bits per heavy atom. The van der Waals surface area contributed by atoms with Crippen LogP contribution in [-0.2, 0) is 13.6 Å². The van der Waals surface area contributed by atoms with Gasteiger partial charge in [0.05, 0.1) is 11.9 Å². The first-order valence-electron chi connectivity index (χ1n) is 4.81. The van der Waals surface area contributed by atoms with Crippen LogP contribution in [0.2, 0.25) is 0 Å². The van der Waals surface area contributed by atoms with Gasteiger partial charge in [-0.15, -0.1) is 0 Å². The number of nitrogens with zero attached hydrogens (tertiary/aromatic N) is 2. The summed E-state index contributed by atoms with van der Waals surface area (Å²) in [6.45, 7) is 0.361. The third-order valence-electron chi connectivity index (χ3n) is 2.12. The Morgan fingerprint density at radius 3 is 2.50 bits per heavy atom. The van der Waals surface area contributed by atoms with Gasteiger partial charge < -0.3 is 5.32 Å². The van der Waals surface area contributed by atoms with Gasteiger partial charge in [0.2, 0.25) is 0 Å². The number of benzene rings is 1. The fourth-order valence-corrected chi connectivity index (χ4v) is 1.43. The van der Waals surface area contributed by atoms with E-state index >= 15 is 0 Å². The molecular weight excluding hydrogens is 212 g/mol. The molecule has 2 rings (SSSR count). The number of anilines is 1. The van der Waals surface area contributed by atoms with Gasteiger partial charge in [0.1, 0.15) is 11.6 Å². The average Bonchev–Trinajstić information content (AvgIpc) is 2.60. The Bertz CT molecular complexity index is 473. The summed E-state index contributed by atoms with van der Waals surface area (Å²) in [4.78, 5) is 0. The predicted octanol–water partition coefficient (Wildman–Crippen LogP) is 2.31. The highest BCUT2D eigenvalue weighted by Crippen LogP contribution is 2.11. The molecule has 1 aromatic heterocycles. The van der Waals surface area contributed by atoms with Crippen LogP contribution in [0.3, 0.4) is 0 Å². The molecule has 0 aliphatic rings. The number of aromatic nitrogens is 2. The van der Waals surface area contributed by atoms with E-state index in [-0.39, 0.29) is 0 Å². The maximum atomic E-state index is 12.9. The summed E-state index contributed by atoms with van der Waals surface area (Å²) in [6, 6.07) is 3.45. The molecule has 0 aliphatic heterocycles. The Labute approximate surface area is 91.7 Å². The van der Waals surface area contributed by atoms with Gasteiger partial charge in [0.15, 0.2) is 0 Å². The van der Waals surface area contributed by atoms with Crippen molar-refractivity contribution in [3.63, 3.8) is 0 Å². The summed E-state index contributed by atoms with van der Waals surface area (Å²) >= 11 is 0. The van der Waals surface area contributed by atoms with Crippen LogP contribution in [0.15, 0.2) is 30.6 Å². The molecule has 1 aromatic carbocycles. The maximum absolute atomic E-state index is 12.9. The monoisotopic (exact) mass is 223 g/mol. The molecule has 0 bridgehead atoms. The molecule has 0 unspecified atom stereocenters. The topological polar surface area (TPSA) is 29.9 Å². The lowest BCUT2D eigenvalue weighted by atomic mass is 10.2. The zero-order valence-electron chi connectivity index (χ0n) is 8.74. The third-order valence-corrected chi connectivity index (χ3v) is 2.12. The molecule has 2 aromatic rings. The second kappa shape index (κ2) is 4.30. The van der Waals surface area contributed by atoms with Crippen molar-refractivity contribution < 1.29 is 8.78 Å².